The maximum Gasteiger partial charge on any atom is 0.325 e. The minimum Gasteiger partial charge on any atom is -0.368 e. The molecule has 0 saturated carbocycles. The van der Waals surface area contributed by atoms with Gasteiger partial charge in [0.2, 0.25) is 0 Å². The summed E-state index contributed by atoms with van der Waals surface area (Å²) in [6.45, 7) is 3.52. The van der Waals surface area contributed by atoms with Crippen molar-refractivity contribution in [3.63, 3.8) is 0 Å². The van der Waals surface area contributed by atoms with E-state index < -0.39 is 18.2 Å². The molecule has 0 bridgehead atoms. The van der Waals surface area contributed by atoms with Crippen LogP contribution >= 0.6 is 11.8 Å². The molecule has 0 aliphatic carbocycles. The van der Waals surface area contributed by atoms with Gasteiger partial charge in [-0.15, -0.1) is 0 Å². The van der Waals surface area contributed by atoms with Crippen LogP contribution in [0.15, 0.2) is 52.9 Å². The van der Waals surface area contributed by atoms with Crippen molar-refractivity contribution in [2.24, 2.45) is 4.99 Å². The van der Waals surface area contributed by atoms with E-state index in [1.54, 1.807) is 49.4 Å². The van der Waals surface area contributed by atoms with Gasteiger partial charge >= 0.3 is 6.03 Å². The number of carbonyl (C=O) groups is 2. The van der Waals surface area contributed by atoms with Gasteiger partial charge in [0.05, 0.1) is 0 Å². The molecule has 2 saturated heterocycles. The molecule has 0 spiro atoms. The quantitative estimate of drug-likeness (QED) is 0.363. The molecule has 3 aliphatic rings. The summed E-state index contributed by atoms with van der Waals surface area (Å²) >= 11 is 1.57. The smallest absolute Gasteiger partial charge is 0.325 e. The molecule has 3 amide bonds. The predicted molar refractivity (Wildman–Crippen MR) is 131 cm³/mol. The Morgan fingerprint density at radius 2 is 1.74 bits per heavy atom. The van der Waals surface area contributed by atoms with Crippen molar-refractivity contribution in [2.75, 3.05) is 50.4 Å². The molecular formula is C23H27FN8O2S. The summed E-state index contributed by atoms with van der Waals surface area (Å²) < 4.78 is 13.3. The standard InChI is InChI=1S/C23H27FN8O2S/c1-29-19-18(20(33)28-23(29)34)32(10-3-15-35-21-25-8-2-9-26-21)22(27-19)31-13-11-30(12-14-31)17-6-4-16(24)5-7-17/h2,4-9,18-19H,3,10-15H2,1H3,(H,28,33,34). The van der Waals surface area contributed by atoms with Crippen LogP contribution in [0, 0.1) is 5.82 Å². The van der Waals surface area contributed by atoms with E-state index >= 15 is 0 Å². The number of halogens is 1. The van der Waals surface area contributed by atoms with Crippen molar-refractivity contribution < 1.29 is 14.0 Å². The van der Waals surface area contributed by atoms with Gasteiger partial charge in [0.1, 0.15) is 5.82 Å². The van der Waals surface area contributed by atoms with E-state index in [0.717, 1.165) is 42.1 Å². The number of rotatable bonds is 6. The van der Waals surface area contributed by atoms with Gasteiger partial charge in [0.15, 0.2) is 23.3 Å². The van der Waals surface area contributed by atoms with Gasteiger partial charge in [-0.2, -0.15) is 0 Å². The van der Waals surface area contributed by atoms with Crippen molar-refractivity contribution in [1.82, 2.24) is 30.0 Å². The van der Waals surface area contributed by atoms with Crippen LogP contribution in [-0.4, -0.2) is 100 Å². The topological polar surface area (TPSA) is 97.3 Å². The fraction of sp³-hybridized carbons (Fsp3) is 0.435. The Balaban J connectivity index is 1.27. The van der Waals surface area contributed by atoms with Gasteiger partial charge in [-0.05, 0) is 36.8 Å². The van der Waals surface area contributed by atoms with Gasteiger partial charge in [0, 0.05) is 63.6 Å². The fourth-order valence-corrected chi connectivity index (χ4v) is 5.32. The zero-order chi connectivity index (χ0) is 24.4. The Hall–Kier alpha value is -3.41. The zero-order valence-corrected chi connectivity index (χ0v) is 20.2. The van der Waals surface area contributed by atoms with Crippen molar-refractivity contribution in [3.8, 4) is 0 Å². The summed E-state index contributed by atoms with van der Waals surface area (Å²) in [5.74, 6) is 0.969. The van der Waals surface area contributed by atoms with E-state index in [9.17, 15) is 14.0 Å². The third-order valence-corrected chi connectivity index (χ3v) is 7.37. The summed E-state index contributed by atoms with van der Waals surface area (Å²) in [4.78, 5) is 46.3. The molecule has 12 heteroatoms. The van der Waals surface area contributed by atoms with Gasteiger partial charge in [0.25, 0.3) is 5.91 Å². The lowest BCUT2D eigenvalue weighted by Crippen LogP contribution is -2.64. The molecule has 0 radical (unpaired) electrons. The molecule has 10 nitrogen and oxygen atoms in total. The third kappa shape index (κ3) is 4.88. The number of fused-ring (bicyclic) bond motifs is 1. The number of aromatic nitrogens is 2. The first-order valence-corrected chi connectivity index (χ1v) is 12.6. The molecule has 1 N–H and O–H groups in total. The molecule has 5 rings (SSSR count). The summed E-state index contributed by atoms with van der Waals surface area (Å²) in [6, 6.07) is 7.32. The second kappa shape index (κ2) is 10.1. The Kier molecular flexibility index (Phi) is 6.71. The van der Waals surface area contributed by atoms with Gasteiger partial charge in [-0.1, -0.05) is 11.8 Å². The highest BCUT2D eigenvalue weighted by molar-refractivity contribution is 7.99. The number of amides is 3. The maximum atomic E-state index is 13.3. The Bertz CT molecular complexity index is 1090. The zero-order valence-electron chi connectivity index (χ0n) is 19.4. The summed E-state index contributed by atoms with van der Waals surface area (Å²) in [5.41, 5.74) is 0.981. The van der Waals surface area contributed by atoms with Crippen LogP contribution in [0.4, 0.5) is 14.9 Å². The SMILES string of the molecule is CN1C(=O)NC(=O)C2C1N=C(N1CCN(c3ccc(F)cc3)CC1)N2CCCSc1ncccn1. The number of aliphatic imine (C=N–C) groups is 1. The van der Waals surface area contributed by atoms with Crippen LogP contribution in [0.3, 0.4) is 0 Å². The number of thioether (sulfide) groups is 1. The minimum atomic E-state index is -0.555. The molecule has 1 aromatic heterocycles. The van der Waals surface area contributed by atoms with E-state index in [4.69, 9.17) is 4.99 Å². The number of likely N-dealkylation sites (N-methyl/N-ethyl adjacent to an activating group) is 1. The fourth-order valence-electron chi connectivity index (χ4n) is 4.59. The molecule has 2 fully saturated rings. The average molecular weight is 499 g/mol. The van der Waals surface area contributed by atoms with Crippen LogP contribution < -0.4 is 10.2 Å². The molecule has 2 aromatic rings. The number of benzene rings is 1. The van der Waals surface area contributed by atoms with Gasteiger partial charge < -0.3 is 19.6 Å². The second-order valence-corrected chi connectivity index (χ2v) is 9.63. The van der Waals surface area contributed by atoms with Crippen LogP contribution in [0.5, 0.6) is 0 Å². The summed E-state index contributed by atoms with van der Waals surface area (Å²) in [5, 5.41) is 3.17. The highest BCUT2D eigenvalue weighted by Crippen LogP contribution is 2.27. The van der Waals surface area contributed by atoms with E-state index in [0.29, 0.717) is 19.6 Å². The Morgan fingerprint density at radius 1 is 1.06 bits per heavy atom. The van der Waals surface area contributed by atoms with Crippen molar-refractivity contribution in [2.45, 2.75) is 23.8 Å². The van der Waals surface area contributed by atoms with E-state index in [1.807, 2.05) is 4.90 Å². The Labute approximate surface area is 207 Å². The number of hydrogen-bond acceptors (Lipinski definition) is 9. The predicted octanol–water partition coefficient (Wildman–Crippen LogP) is 1.47. The number of nitrogens with one attached hydrogen (secondary N) is 1. The van der Waals surface area contributed by atoms with E-state index in [-0.39, 0.29) is 11.7 Å². The molecule has 1 aromatic carbocycles. The van der Waals surface area contributed by atoms with Crippen LogP contribution in [0.2, 0.25) is 0 Å². The van der Waals surface area contributed by atoms with Gasteiger partial charge in [-0.3, -0.25) is 10.1 Å². The number of piperazine rings is 1. The number of guanidine groups is 1. The van der Waals surface area contributed by atoms with E-state index in [2.05, 4.69) is 25.1 Å². The van der Waals surface area contributed by atoms with Crippen molar-refractivity contribution in [3.05, 3.63) is 48.5 Å². The van der Waals surface area contributed by atoms with E-state index in [1.165, 1.54) is 17.0 Å². The number of hydrogen-bond donors (Lipinski definition) is 1. The molecule has 4 heterocycles. The first-order valence-electron chi connectivity index (χ1n) is 11.6. The molecule has 3 aliphatic heterocycles. The lowest BCUT2D eigenvalue weighted by atomic mass is 10.1. The first kappa shape index (κ1) is 23.3. The molecule has 2 unspecified atom stereocenters. The summed E-state index contributed by atoms with van der Waals surface area (Å²) in [6.07, 6.45) is 3.68. The van der Waals surface area contributed by atoms with Crippen LogP contribution in [0.25, 0.3) is 0 Å². The highest BCUT2D eigenvalue weighted by Gasteiger charge is 2.49. The lowest BCUT2D eigenvalue weighted by molar-refractivity contribution is -0.127. The average Bonchev–Trinajstić information content (AvgIpc) is 3.27. The third-order valence-electron chi connectivity index (χ3n) is 6.41. The second-order valence-electron chi connectivity index (χ2n) is 8.57. The van der Waals surface area contributed by atoms with Crippen LogP contribution in [-0.2, 0) is 4.79 Å². The maximum absolute atomic E-state index is 13.3. The minimum absolute atomic E-state index is 0.250. The van der Waals surface area contributed by atoms with Crippen LogP contribution in [0.1, 0.15) is 6.42 Å². The molecular weight excluding hydrogens is 471 g/mol. The number of nitrogens with zero attached hydrogens (tertiary/aromatic N) is 7. The Morgan fingerprint density at radius 3 is 2.46 bits per heavy atom. The monoisotopic (exact) mass is 498 g/mol. The lowest BCUT2D eigenvalue weighted by Gasteiger charge is -2.41. The molecule has 184 valence electrons. The normalized spacial score (nSPS) is 22.3. The molecule has 2 atom stereocenters. The van der Waals surface area contributed by atoms with Gasteiger partial charge in [-0.25, -0.2) is 24.1 Å². The largest absolute Gasteiger partial charge is 0.368 e. The summed E-state index contributed by atoms with van der Waals surface area (Å²) in [7, 11) is 1.67. The van der Waals surface area contributed by atoms with Crippen molar-refractivity contribution >= 4 is 35.3 Å². The van der Waals surface area contributed by atoms with Crippen molar-refractivity contribution in [1.29, 1.82) is 0 Å². The number of imide groups is 1. The first-order chi connectivity index (χ1) is 17.0. The number of carbonyl (C=O) groups excluding carboxylic acids is 2. The highest BCUT2D eigenvalue weighted by atomic mass is 32.2. The number of urea groups is 1. The molecule has 35 heavy (non-hydrogen) atoms. The number of anilines is 1.